The van der Waals surface area contributed by atoms with Gasteiger partial charge in [-0.3, -0.25) is 9.59 Å². The van der Waals surface area contributed by atoms with Crippen molar-refractivity contribution in [2.75, 3.05) is 6.61 Å². The Labute approximate surface area is 196 Å². The van der Waals surface area contributed by atoms with E-state index in [1.165, 1.54) is 13.8 Å². The molecular formula is C18H22CoN2O12-2. The van der Waals surface area contributed by atoms with Gasteiger partial charge in [-0.25, -0.2) is 14.4 Å². The number of imide groups is 2. The fourth-order valence-electron chi connectivity index (χ4n) is 2.11. The Bertz CT molecular complexity index is 740. The second-order valence-electron chi connectivity index (χ2n) is 6.42. The van der Waals surface area contributed by atoms with Crippen LogP contribution < -0.4 is 0 Å². The summed E-state index contributed by atoms with van der Waals surface area (Å²) in [7, 11) is 0. The van der Waals surface area contributed by atoms with E-state index >= 15 is 0 Å². The summed E-state index contributed by atoms with van der Waals surface area (Å²) >= 11 is 2.31. The van der Waals surface area contributed by atoms with Crippen molar-refractivity contribution in [2.24, 2.45) is 0 Å². The Kier molecular flexibility index (Phi) is 14.1. The number of hydroxylamine groups is 2. The summed E-state index contributed by atoms with van der Waals surface area (Å²) in [4.78, 5) is 81.4. The van der Waals surface area contributed by atoms with Crippen molar-refractivity contribution in [2.45, 2.75) is 58.2 Å². The van der Waals surface area contributed by atoms with E-state index in [1.54, 1.807) is 0 Å². The minimum atomic E-state index is -1.08. The molecule has 2 rings (SSSR count). The number of amides is 4. The van der Waals surface area contributed by atoms with Crippen LogP contribution in [0.4, 0.5) is 4.79 Å². The molecule has 0 N–H and O–H groups in total. The molecule has 33 heavy (non-hydrogen) atoms. The predicted octanol–water partition coefficient (Wildman–Crippen LogP) is 0.377. The molecule has 2 atom stereocenters. The Morgan fingerprint density at radius 2 is 1.45 bits per heavy atom. The van der Waals surface area contributed by atoms with Gasteiger partial charge in [-0.1, -0.05) is 6.92 Å². The van der Waals surface area contributed by atoms with E-state index in [-0.39, 0.29) is 31.1 Å². The monoisotopic (exact) mass is 517 g/mol. The van der Waals surface area contributed by atoms with Crippen LogP contribution in [0.25, 0.3) is 5.32 Å². The van der Waals surface area contributed by atoms with Gasteiger partial charge in [0.15, 0.2) is 6.61 Å². The standard InChI is InChI=1S/C14H18NO9.C4H5NO2.Co.O/c1-8(2)22-14(20)21-7-13(19)23-9(3)6-12(18)24-15-10(16)4-5-11(15)17;6-3-1-2-4(7)5-3;;/h8-9H,1,4-7H2,2-3H3;1-2H2,(H,5,6,7);;/q-1;;;/p-1. The zero-order chi connectivity index (χ0) is 25.6. The Morgan fingerprint density at radius 3 is 1.88 bits per heavy atom. The van der Waals surface area contributed by atoms with Gasteiger partial charge < -0.3 is 40.9 Å². The molecule has 2 aliphatic heterocycles. The summed E-state index contributed by atoms with van der Waals surface area (Å²) in [5, 5.41) is 3.51. The van der Waals surface area contributed by atoms with E-state index in [9.17, 15) is 33.6 Å². The Morgan fingerprint density at radius 1 is 0.939 bits per heavy atom. The molecule has 0 aromatic rings. The van der Waals surface area contributed by atoms with E-state index in [4.69, 9.17) is 8.60 Å². The molecule has 2 saturated heterocycles. The molecule has 0 radical (unpaired) electrons. The van der Waals surface area contributed by atoms with Gasteiger partial charge in [0.1, 0.15) is 6.10 Å². The zero-order valence-corrected chi connectivity index (χ0v) is 18.8. The fraction of sp³-hybridized carbons (Fsp3) is 0.556. The SMILES string of the molecule is O=C1CCC(=O)[N-]1.[CH2-]C(C)OC(=O)OCC(=O)OC(C)CC(=O)ON1C(=O)CCC1=O.[O]=[Co]. The van der Waals surface area contributed by atoms with Crippen LogP contribution in [0.2, 0.25) is 0 Å². The summed E-state index contributed by atoms with van der Waals surface area (Å²) in [5.41, 5.74) is 0. The first-order valence-electron chi connectivity index (χ1n) is 9.31. The number of esters is 1. The third-order valence-corrected chi connectivity index (χ3v) is 3.39. The van der Waals surface area contributed by atoms with Gasteiger partial charge >= 0.3 is 37.6 Å². The van der Waals surface area contributed by atoms with Crippen LogP contribution >= 0.6 is 0 Å². The molecule has 0 aromatic carbocycles. The van der Waals surface area contributed by atoms with Crippen molar-refractivity contribution in [3.63, 3.8) is 0 Å². The Hall–Kier alpha value is -3.20. The molecule has 4 amide bonds. The molecule has 187 valence electrons. The normalized spacial score (nSPS) is 16.3. The first kappa shape index (κ1) is 29.8. The van der Waals surface area contributed by atoms with Crippen LogP contribution in [0.1, 0.15) is 46.0 Å². The topological polar surface area (TPSA) is 191 Å². The summed E-state index contributed by atoms with van der Waals surface area (Å²) in [5.74, 6) is -3.58. The first-order valence-corrected chi connectivity index (χ1v) is 9.74. The van der Waals surface area contributed by atoms with E-state index in [1.807, 2.05) is 0 Å². The van der Waals surface area contributed by atoms with Crippen molar-refractivity contribution >= 4 is 41.7 Å². The molecule has 0 aliphatic carbocycles. The molecule has 2 heterocycles. The zero-order valence-electron chi connectivity index (χ0n) is 17.7. The quantitative estimate of drug-likeness (QED) is 0.257. The molecule has 0 aromatic heterocycles. The van der Waals surface area contributed by atoms with Gasteiger partial charge in [-0.2, -0.15) is 0 Å². The van der Waals surface area contributed by atoms with Crippen LogP contribution in [0, 0.1) is 6.92 Å². The number of nitrogens with zero attached hydrogens (tertiary/aromatic N) is 2. The number of hydrogen-bond donors (Lipinski definition) is 0. The maximum atomic E-state index is 11.6. The molecule has 2 fully saturated rings. The fourth-order valence-corrected chi connectivity index (χ4v) is 2.11. The van der Waals surface area contributed by atoms with Crippen molar-refractivity contribution in [1.29, 1.82) is 0 Å². The second-order valence-corrected chi connectivity index (χ2v) is 6.42. The van der Waals surface area contributed by atoms with Crippen molar-refractivity contribution in [3.8, 4) is 0 Å². The molecule has 2 unspecified atom stereocenters. The number of carbonyl (C=O) groups excluding carboxylic acids is 7. The van der Waals surface area contributed by atoms with E-state index in [0.717, 1.165) is 0 Å². The molecule has 2 aliphatic rings. The van der Waals surface area contributed by atoms with Gasteiger partial charge in [-0.15, -0.1) is 5.06 Å². The van der Waals surface area contributed by atoms with Crippen molar-refractivity contribution in [3.05, 3.63) is 12.2 Å². The average molecular weight is 517 g/mol. The maximum absolute atomic E-state index is 11.6. The van der Waals surface area contributed by atoms with Gasteiger partial charge in [0.25, 0.3) is 11.8 Å². The van der Waals surface area contributed by atoms with Gasteiger partial charge in [0.05, 0.1) is 18.2 Å². The van der Waals surface area contributed by atoms with Crippen LogP contribution in [0.5, 0.6) is 0 Å². The first-order chi connectivity index (χ1) is 15.5. The van der Waals surface area contributed by atoms with E-state index in [0.29, 0.717) is 17.9 Å². The van der Waals surface area contributed by atoms with Gasteiger partial charge in [-0.05, 0) is 25.9 Å². The Balaban J connectivity index is 0.000000950. The van der Waals surface area contributed by atoms with Crippen molar-refractivity contribution in [1.82, 2.24) is 5.06 Å². The molecule has 15 heteroatoms. The molecule has 0 spiro atoms. The van der Waals surface area contributed by atoms with Crippen LogP contribution in [0.15, 0.2) is 0 Å². The number of ether oxygens (including phenoxy) is 3. The van der Waals surface area contributed by atoms with E-state index in [2.05, 4.69) is 42.2 Å². The third-order valence-electron chi connectivity index (χ3n) is 3.39. The van der Waals surface area contributed by atoms with Crippen LogP contribution in [-0.4, -0.2) is 65.6 Å². The molecular weight excluding hydrogens is 495 g/mol. The second kappa shape index (κ2) is 15.6. The third kappa shape index (κ3) is 13.1. The van der Waals surface area contributed by atoms with Gasteiger partial charge in [0.2, 0.25) is 0 Å². The summed E-state index contributed by atoms with van der Waals surface area (Å²) in [6.07, 6.45) is -2.41. The molecule has 0 bridgehead atoms. The summed E-state index contributed by atoms with van der Waals surface area (Å²) in [6, 6.07) is 0. The van der Waals surface area contributed by atoms with Gasteiger partial charge in [0, 0.05) is 12.8 Å². The van der Waals surface area contributed by atoms with Crippen LogP contribution in [0.3, 0.4) is 0 Å². The average Bonchev–Trinajstić information content (AvgIpc) is 3.26. The minimum absolute atomic E-state index is 0.0179. The summed E-state index contributed by atoms with van der Waals surface area (Å²) in [6.45, 7) is 5.59. The number of hydrogen-bond acceptors (Lipinski definition) is 12. The molecule has 0 saturated carbocycles. The molecule has 14 nitrogen and oxygen atoms in total. The number of rotatable bonds is 7. The van der Waals surface area contributed by atoms with Crippen molar-refractivity contribution < 1.29 is 72.1 Å². The van der Waals surface area contributed by atoms with E-state index < -0.39 is 48.7 Å². The van der Waals surface area contributed by atoms with Crippen LogP contribution in [-0.2, 0) is 67.3 Å². The predicted molar refractivity (Wildman–Crippen MR) is 97.9 cm³/mol. The summed E-state index contributed by atoms with van der Waals surface area (Å²) < 4.78 is 21.8. The number of carbonyl (C=O) groups is 7.